The molecule has 0 atom stereocenters. The number of carbonyl (C=O) groups excluding carboxylic acids is 1. The van der Waals surface area contributed by atoms with Gasteiger partial charge in [-0.05, 0) is 12.1 Å². The Morgan fingerprint density at radius 1 is 1.23 bits per heavy atom. The second-order valence-corrected chi connectivity index (χ2v) is 8.42. The van der Waals surface area contributed by atoms with Crippen molar-refractivity contribution in [1.82, 2.24) is 29.9 Å². The lowest BCUT2D eigenvalue weighted by Crippen LogP contribution is -2.27. The third-order valence-electron chi connectivity index (χ3n) is 4.61. The lowest BCUT2D eigenvalue weighted by atomic mass is 9.96. The number of imidazole rings is 1. The van der Waals surface area contributed by atoms with E-state index in [1.54, 1.807) is 0 Å². The number of nitrogens with zero attached hydrogens (tertiary/aromatic N) is 4. The lowest BCUT2D eigenvalue weighted by molar-refractivity contribution is 0.0954. The van der Waals surface area contributed by atoms with E-state index in [9.17, 15) is 13.6 Å². The monoisotopic (exact) mass is 432 g/mol. The molecule has 0 radical (unpaired) electrons. The number of amides is 1. The maximum Gasteiger partial charge on any atom is 0.255 e. The minimum Gasteiger partial charge on any atom is -0.351 e. The smallest absolute Gasteiger partial charge is 0.255 e. The Morgan fingerprint density at radius 3 is 2.73 bits per heavy atom. The number of pyridine rings is 1. The molecule has 10 heteroatoms. The topological polar surface area (TPSA) is 88.0 Å². The summed E-state index contributed by atoms with van der Waals surface area (Å²) in [6, 6.07) is 3.85. The van der Waals surface area contributed by atoms with Crippen molar-refractivity contribution in [1.29, 1.82) is 0 Å². The zero-order chi connectivity index (χ0) is 21.6. The molecule has 156 valence electrons. The van der Waals surface area contributed by atoms with Crippen LogP contribution in [0.5, 0.6) is 0 Å². The Labute approximate surface area is 175 Å². The predicted octanol–water partition coefficient (Wildman–Crippen LogP) is 3.81. The van der Waals surface area contributed by atoms with E-state index in [2.05, 4.69) is 25.5 Å². The van der Waals surface area contributed by atoms with Gasteiger partial charge < -0.3 is 10.3 Å². The van der Waals surface area contributed by atoms with Crippen molar-refractivity contribution < 1.29 is 13.6 Å². The Balaban J connectivity index is 1.52. The predicted molar refractivity (Wildman–Crippen MR) is 109 cm³/mol. The van der Waals surface area contributed by atoms with Crippen LogP contribution in [0, 0.1) is 11.6 Å². The summed E-state index contributed by atoms with van der Waals surface area (Å²) in [4.78, 5) is 20.0. The van der Waals surface area contributed by atoms with E-state index in [0.717, 1.165) is 6.07 Å². The highest BCUT2D eigenvalue weighted by molar-refractivity contribution is 6.31. The van der Waals surface area contributed by atoms with Crippen LogP contribution in [0.2, 0.25) is 5.02 Å². The van der Waals surface area contributed by atoms with Crippen molar-refractivity contribution in [2.24, 2.45) is 0 Å². The van der Waals surface area contributed by atoms with Gasteiger partial charge >= 0.3 is 0 Å². The van der Waals surface area contributed by atoms with Crippen LogP contribution in [0.3, 0.4) is 0 Å². The van der Waals surface area contributed by atoms with Gasteiger partial charge in [-0.15, -0.1) is 10.2 Å². The molecule has 4 rings (SSSR count). The van der Waals surface area contributed by atoms with Crippen molar-refractivity contribution in [3.63, 3.8) is 0 Å². The molecule has 1 amide bonds. The van der Waals surface area contributed by atoms with Crippen LogP contribution in [-0.4, -0.2) is 37.0 Å². The number of halogens is 3. The fraction of sp³-hybridized carbons (Fsp3) is 0.300. The van der Waals surface area contributed by atoms with Crippen LogP contribution >= 0.6 is 11.6 Å². The SMILES string of the molecule is CC(C)(C)c1nnc2c(C(=O)NCCc3nc4cc(Cl)c(F)cc4[nH]3)cc(F)cn12. The number of rotatable bonds is 4. The van der Waals surface area contributed by atoms with Gasteiger partial charge in [0.1, 0.15) is 23.3 Å². The van der Waals surface area contributed by atoms with Gasteiger partial charge in [0.2, 0.25) is 0 Å². The molecule has 0 aliphatic carbocycles. The fourth-order valence-corrected chi connectivity index (χ4v) is 3.36. The number of aromatic nitrogens is 5. The second kappa shape index (κ2) is 7.32. The number of hydrogen-bond acceptors (Lipinski definition) is 4. The van der Waals surface area contributed by atoms with E-state index in [0.29, 0.717) is 29.1 Å². The Morgan fingerprint density at radius 2 is 2.00 bits per heavy atom. The van der Waals surface area contributed by atoms with Gasteiger partial charge in [0.05, 0.1) is 21.6 Å². The van der Waals surface area contributed by atoms with Crippen LogP contribution in [0.1, 0.15) is 42.8 Å². The number of carbonyl (C=O) groups is 1. The molecule has 3 aromatic heterocycles. The molecule has 3 heterocycles. The first-order valence-corrected chi connectivity index (χ1v) is 9.68. The van der Waals surface area contributed by atoms with Crippen molar-refractivity contribution in [2.75, 3.05) is 6.54 Å². The molecule has 0 unspecified atom stereocenters. The Hall–Kier alpha value is -3.07. The van der Waals surface area contributed by atoms with Gasteiger partial charge in [-0.2, -0.15) is 0 Å². The average Bonchev–Trinajstić information content (AvgIpc) is 3.24. The first-order chi connectivity index (χ1) is 14.1. The normalized spacial score (nSPS) is 12.1. The molecule has 0 aliphatic rings. The highest BCUT2D eigenvalue weighted by atomic mass is 35.5. The maximum atomic E-state index is 14.2. The van der Waals surface area contributed by atoms with Crippen LogP contribution in [-0.2, 0) is 11.8 Å². The summed E-state index contributed by atoms with van der Waals surface area (Å²) in [6.07, 6.45) is 1.64. The Bertz CT molecular complexity index is 1240. The van der Waals surface area contributed by atoms with E-state index in [-0.39, 0.29) is 28.2 Å². The first-order valence-electron chi connectivity index (χ1n) is 9.30. The summed E-state index contributed by atoms with van der Waals surface area (Å²) in [5.74, 6) is -0.453. The summed E-state index contributed by atoms with van der Waals surface area (Å²) in [5, 5.41) is 10.9. The zero-order valence-electron chi connectivity index (χ0n) is 16.6. The number of aromatic amines is 1. The van der Waals surface area contributed by atoms with Gasteiger partial charge in [0.25, 0.3) is 5.91 Å². The number of hydrogen-bond donors (Lipinski definition) is 2. The highest BCUT2D eigenvalue weighted by Crippen LogP contribution is 2.23. The third kappa shape index (κ3) is 3.72. The maximum absolute atomic E-state index is 14.2. The van der Waals surface area contributed by atoms with E-state index in [1.807, 2.05) is 20.8 Å². The molecule has 1 aromatic carbocycles. The first kappa shape index (κ1) is 20.2. The van der Waals surface area contributed by atoms with Gasteiger partial charge in [-0.3, -0.25) is 9.20 Å². The van der Waals surface area contributed by atoms with Crippen molar-refractivity contribution in [2.45, 2.75) is 32.6 Å². The van der Waals surface area contributed by atoms with Crippen LogP contribution in [0.15, 0.2) is 24.4 Å². The highest BCUT2D eigenvalue weighted by Gasteiger charge is 2.24. The summed E-state index contributed by atoms with van der Waals surface area (Å²) < 4.78 is 29.2. The molecule has 30 heavy (non-hydrogen) atoms. The standard InChI is InChI=1S/C20H19ClF2N6O/c1-20(2,3)19-28-27-17-11(6-10(22)9-29(17)19)18(30)24-5-4-16-25-14-7-12(21)13(23)8-15(14)26-16/h6-9H,4-5H2,1-3H3,(H,24,30)(H,25,26). The Kier molecular flexibility index (Phi) is 4.93. The summed E-state index contributed by atoms with van der Waals surface area (Å²) in [7, 11) is 0. The summed E-state index contributed by atoms with van der Waals surface area (Å²) in [5.41, 5.74) is 1.06. The quantitative estimate of drug-likeness (QED) is 0.513. The van der Waals surface area contributed by atoms with E-state index < -0.39 is 17.5 Å². The minimum atomic E-state index is -0.561. The van der Waals surface area contributed by atoms with Crippen LogP contribution in [0.4, 0.5) is 8.78 Å². The second-order valence-electron chi connectivity index (χ2n) is 8.01. The number of H-pyrrole nitrogens is 1. The molecular formula is C20H19ClF2N6O. The van der Waals surface area contributed by atoms with Gasteiger partial charge in [0.15, 0.2) is 5.65 Å². The molecule has 0 saturated carbocycles. The average molecular weight is 433 g/mol. The largest absolute Gasteiger partial charge is 0.351 e. The molecule has 0 bridgehead atoms. The number of fused-ring (bicyclic) bond motifs is 2. The molecule has 0 spiro atoms. The molecular weight excluding hydrogens is 414 g/mol. The van der Waals surface area contributed by atoms with Crippen molar-refractivity contribution in [3.8, 4) is 0 Å². The minimum absolute atomic E-state index is 0.00749. The van der Waals surface area contributed by atoms with Gasteiger partial charge in [-0.25, -0.2) is 13.8 Å². The van der Waals surface area contributed by atoms with E-state index in [1.165, 1.54) is 22.7 Å². The van der Waals surface area contributed by atoms with Crippen molar-refractivity contribution >= 4 is 34.2 Å². The van der Waals surface area contributed by atoms with E-state index >= 15 is 0 Å². The fourth-order valence-electron chi connectivity index (χ4n) is 3.20. The molecule has 0 aliphatic heterocycles. The van der Waals surface area contributed by atoms with Crippen molar-refractivity contribution in [3.05, 3.63) is 58.3 Å². The van der Waals surface area contributed by atoms with E-state index in [4.69, 9.17) is 11.6 Å². The number of benzene rings is 1. The summed E-state index contributed by atoms with van der Waals surface area (Å²) in [6.45, 7) is 6.03. The summed E-state index contributed by atoms with van der Waals surface area (Å²) >= 11 is 5.77. The van der Waals surface area contributed by atoms with Crippen LogP contribution in [0.25, 0.3) is 16.7 Å². The molecule has 0 fully saturated rings. The molecule has 4 aromatic rings. The van der Waals surface area contributed by atoms with Gasteiger partial charge in [-0.1, -0.05) is 32.4 Å². The molecule has 0 saturated heterocycles. The number of nitrogens with one attached hydrogen (secondary N) is 2. The van der Waals surface area contributed by atoms with Crippen LogP contribution < -0.4 is 5.32 Å². The van der Waals surface area contributed by atoms with Gasteiger partial charge in [0, 0.05) is 30.6 Å². The molecule has 2 N–H and O–H groups in total. The zero-order valence-corrected chi connectivity index (χ0v) is 17.3. The third-order valence-corrected chi connectivity index (χ3v) is 4.90. The molecule has 7 nitrogen and oxygen atoms in total. The lowest BCUT2D eigenvalue weighted by Gasteiger charge is -2.16.